The predicted molar refractivity (Wildman–Crippen MR) is 92.9 cm³/mol. The van der Waals surface area contributed by atoms with Crippen LogP contribution in [-0.4, -0.2) is 11.2 Å². The van der Waals surface area contributed by atoms with Gasteiger partial charge in [0.25, 0.3) is 0 Å². The molecular formula is C16H11BrFN3S. The van der Waals surface area contributed by atoms with Gasteiger partial charge in [-0.3, -0.25) is 5.43 Å². The first-order valence-electron chi connectivity index (χ1n) is 6.48. The number of aromatic nitrogens is 1. The smallest absolute Gasteiger partial charge is 0.203 e. The van der Waals surface area contributed by atoms with Gasteiger partial charge in [0.2, 0.25) is 5.13 Å². The molecule has 0 fully saturated rings. The summed E-state index contributed by atoms with van der Waals surface area (Å²) in [7, 11) is 0. The van der Waals surface area contributed by atoms with E-state index in [0.29, 0.717) is 15.2 Å². The van der Waals surface area contributed by atoms with E-state index < -0.39 is 0 Å². The van der Waals surface area contributed by atoms with Gasteiger partial charge in [-0.1, -0.05) is 42.5 Å². The molecule has 1 heterocycles. The maximum atomic E-state index is 13.8. The molecule has 110 valence electrons. The van der Waals surface area contributed by atoms with Crippen LogP contribution in [0.25, 0.3) is 11.3 Å². The van der Waals surface area contributed by atoms with Crippen molar-refractivity contribution in [1.29, 1.82) is 0 Å². The fraction of sp³-hybridized carbons (Fsp3) is 0. The van der Waals surface area contributed by atoms with Crippen LogP contribution in [-0.2, 0) is 0 Å². The second-order valence-corrected chi connectivity index (χ2v) is 6.13. The Labute approximate surface area is 139 Å². The highest BCUT2D eigenvalue weighted by Gasteiger charge is 2.04. The van der Waals surface area contributed by atoms with E-state index in [1.165, 1.54) is 17.6 Å². The quantitative estimate of drug-likeness (QED) is 0.505. The van der Waals surface area contributed by atoms with Gasteiger partial charge in [0, 0.05) is 16.5 Å². The van der Waals surface area contributed by atoms with Crippen LogP contribution < -0.4 is 5.43 Å². The average molecular weight is 376 g/mol. The molecule has 1 aromatic heterocycles. The van der Waals surface area contributed by atoms with E-state index in [2.05, 4.69) is 31.4 Å². The van der Waals surface area contributed by atoms with Crippen molar-refractivity contribution in [3.05, 3.63) is 69.8 Å². The topological polar surface area (TPSA) is 37.3 Å². The summed E-state index contributed by atoms with van der Waals surface area (Å²) in [6.07, 6.45) is 1.43. The third kappa shape index (κ3) is 3.40. The number of anilines is 1. The number of rotatable bonds is 4. The molecule has 3 aromatic rings. The molecule has 2 aromatic carbocycles. The van der Waals surface area contributed by atoms with E-state index in [0.717, 1.165) is 11.3 Å². The minimum Gasteiger partial charge on any atom is -0.253 e. The summed E-state index contributed by atoms with van der Waals surface area (Å²) in [6, 6.07) is 15.0. The molecule has 0 saturated heterocycles. The van der Waals surface area contributed by atoms with Gasteiger partial charge in [0.1, 0.15) is 5.82 Å². The number of nitrogens with one attached hydrogen (secondary N) is 1. The lowest BCUT2D eigenvalue weighted by atomic mass is 10.2. The molecule has 0 unspecified atom stereocenters. The molecule has 0 atom stereocenters. The second-order valence-electron chi connectivity index (χ2n) is 4.42. The van der Waals surface area contributed by atoms with Crippen LogP contribution in [0.3, 0.4) is 0 Å². The van der Waals surface area contributed by atoms with E-state index in [4.69, 9.17) is 0 Å². The summed E-state index contributed by atoms with van der Waals surface area (Å²) in [6.45, 7) is 0. The minimum absolute atomic E-state index is 0.336. The maximum Gasteiger partial charge on any atom is 0.203 e. The van der Waals surface area contributed by atoms with Gasteiger partial charge >= 0.3 is 0 Å². The zero-order valence-corrected chi connectivity index (χ0v) is 13.7. The van der Waals surface area contributed by atoms with E-state index >= 15 is 0 Å². The van der Waals surface area contributed by atoms with Gasteiger partial charge in [-0.05, 0) is 22.0 Å². The van der Waals surface area contributed by atoms with Crippen LogP contribution in [0.5, 0.6) is 0 Å². The summed E-state index contributed by atoms with van der Waals surface area (Å²) in [5.41, 5.74) is 5.17. The van der Waals surface area contributed by atoms with Crippen LogP contribution in [0.1, 0.15) is 5.56 Å². The number of nitrogens with zero attached hydrogens (tertiary/aromatic N) is 2. The van der Waals surface area contributed by atoms with Crippen LogP contribution in [0.15, 0.2) is 63.5 Å². The predicted octanol–water partition coefficient (Wildman–Crippen LogP) is 5.16. The minimum atomic E-state index is -0.336. The Morgan fingerprint density at radius 3 is 2.77 bits per heavy atom. The van der Waals surface area contributed by atoms with Gasteiger partial charge < -0.3 is 0 Å². The maximum absolute atomic E-state index is 13.8. The molecule has 1 N–H and O–H groups in total. The molecule has 0 amide bonds. The summed E-state index contributed by atoms with van der Waals surface area (Å²) in [5.74, 6) is -0.336. The number of hydrogen-bond donors (Lipinski definition) is 1. The molecule has 0 aliphatic rings. The first-order valence-corrected chi connectivity index (χ1v) is 8.15. The standard InChI is InChI=1S/C16H11BrFN3S/c17-13-8-4-7-12(15(13)18)9-19-21-16-20-14(10-22-16)11-5-2-1-3-6-11/h1-10H,(H,20,21). The summed E-state index contributed by atoms with van der Waals surface area (Å²) in [4.78, 5) is 4.44. The molecular weight excluding hydrogens is 365 g/mol. The van der Waals surface area contributed by atoms with E-state index in [1.807, 2.05) is 35.7 Å². The number of benzene rings is 2. The molecule has 0 radical (unpaired) electrons. The Morgan fingerprint density at radius 2 is 1.95 bits per heavy atom. The Hall–Kier alpha value is -2.05. The van der Waals surface area contributed by atoms with Gasteiger partial charge in [-0.15, -0.1) is 11.3 Å². The molecule has 0 aliphatic heterocycles. The summed E-state index contributed by atoms with van der Waals surface area (Å²) < 4.78 is 14.2. The van der Waals surface area contributed by atoms with Crippen molar-refractivity contribution in [1.82, 2.24) is 4.98 Å². The Kier molecular flexibility index (Phi) is 4.60. The molecule has 22 heavy (non-hydrogen) atoms. The lowest BCUT2D eigenvalue weighted by Gasteiger charge is -1.98. The lowest BCUT2D eigenvalue weighted by Crippen LogP contribution is -1.93. The highest BCUT2D eigenvalue weighted by atomic mass is 79.9. The third-order valence-corrected chi connectivity index (χ3v) is 4.28. The normalized spacial score (nSPS) is 11.0. The largest absolute Gasteiger partial charge is 0.253 e. The van der Waals surface area contributed by atoms with Crippen molar-refractivity contribution in [3.63, 3.8) is 0 Å². The van der Waals surface area contributed by atoms with E-state index in [9.17, 15) is 4.39 Å². The van der Waals surface area contributed by atoms with Gasteiger partial charge in [-0.25, -0.2) is 9.37 Å². The van der Waals surface area contributed by atoms with Crippen molar-refractivity contribution < 1.29 is 4.39 Å². The number of hydrogen-bond acceptors (Lipinski definition) is 4. The van der Waals surface area contributed by atoms with Crippen LogP contribution >= 0.6 is 27.3 Å². The monoisotopic (exact) mass is 375 g/mol. The fourth-order valence-electron chi connectivity index (χ4n) is 1.84. The zero-order chi connectivity index (χ0) is 15.4. The molecule has 0 bridgehead atoms. The molecule has 0 aliphatic carbocycles. The lowest BCUT2D eigenvalue weighted by molar-refractivity contribution is 0.619. The Morgan fingerprint density at radius 1 is 1.14 bits per heavy atom. The molecule has 6 heteroatoms. The number of hydrazone groups is 1. The number of thiazole rings is 1. The second kappa shape index (κ2) is 6.81. The van der Waals surface area contributed by atoms with Crippen molar-refractivity contribution in [2.75, 3.05) is 5.43 Å². The molecule has 0 saturated carbocycles. The highest BCUT2D eigenvalue weighted by molar-refractivity contribution is 9.10. The highest BCUT2D eigenvalue weighted by Crippen LogP contribution is 2.24. The molecule has 3 nitrogen and oxygen atoms in total. The Bertz CT molecular complexity index is 802. The number of halogens is 2. The van der Waals surface area contributed by atoms with Crippen molar-refractivity contribution in [2.45, 2.75) is 0 Å². The third-order valence-electron chi connectivity index (χ3n) is 2.92. The zero-order valence-electron chi connectivity index (χ0n) is 11.3. The first kappa shape index (κ1) is 14.9. The van der Waals surface area contributed by atoms with Gasteiger partial charge in [-0.2, -0.15) is 5.10 Å². The van der Waals surface area contributed by atoms with Crippen LogP contribution in [0.2, 0.25) is 0 Å². The fourth-order valence-corrected chi connectivity index (χ4v) is 2.89. The van der Waals surface area contributed by atoms with Crippen molar-refractivity contribution >= 4 is 38.6 Å². The van der Waals surface area contributed by atoms with Gasteiger partial charge in [0.05, 0.1) is 16.4 Å². The van der Waals surface area contributed by atoms with Crippen molar-refractivity contribution in [3.8, 4) is 11.3 Å². The van der Waals surface area contributed by atoms with E-state index in [1.54, 1.807) is 18.2 Å². The van der Waals surface area contributed by atoms with Gasteiger partial charge in [0.15, 0.2) is 0 Å². The first-order chi connectivity index (χ1) is 10.7. The average Bonchev–Trinajstić information content (AvgIpc) is 3.01. The summed E-state index contributed by atoms with van der Waals surface area (Å²) in [5, 5.41) is 6.64. The van der Waals surface area contributed by atoms with E-state index in [-0.39, 0.29) is 5.82 Å². The van der Waals surface area contributed by atoms with Crippen molar-refractivity contribution in [2.24, 2.45) is 5.10 Å². The molecule has 3 rings (SSSR count). The van der Waals surface area contributed by atoms with Crippen LogP contribution in [0, 0.1) is 5.82 Å². The van der Waals surface area contributed by atoms with Crippen LogP contribution in [0.4, 0.5) is 9.52 Å². The SMILES string of the molecule is Fc1c(Br)cccc1C=NNc1nc(-c2ccccc2)cs1. The molecule has 0 spiro atoms. The summed E-state index contributed by atoms with van der Waals surface area (Å²) >= 11 is 4.59. The Balaban J connectivity index is 1.71.